The van der Waals surface area contributed by atoms with Gasteiger partial charge in [0.05, 0.1) is 12.5 Å². The molecule has 0 bridgehead atoms. The first-order valence-electron chi connectivity index (χ1n) is 11.2. The Labute approximate surface area is 169 Å². The number of ether oxygens (including phenoxy) is 1. The van der Waals surface area contributed by atoms with Crippen LogP contribution in [0.3, 0.4) is 0 Å². The molecule has 6 heteroatoms. The molecule has 160 valence electrons. The lowest BCUT2D eigenvalue weighted by Crippen LogP contribution is -2.54. The van der Waals surface area contributed by atoms with Crippen LogP contribution in [0.5, 0.6) is 0 Å². The summed E-state index contributed by atoms with van der Waals surface area (Å²) in [4.78, 5) is 39.5. The van der Waals surface area contributed by atoms with Gasteiger partial charge in [0.1, 0.15) is 6.04 Å². The summed E-state index contributed by atoms with van der Waals surface area (Å²) in [6, 6.07) is -0.512. The lowest BCUT2D eigenvalue weighted by Gasteiger charge is -2.35. The van der Waals surface area contributed by atoms with Gasteiger partial charge in [0.25, 0.3) is 0 Å². The number of nitrogens with one attached hydrogen (secondary N) is 1. The highest BCUT2D eigenvalue weighted by molar-refractivity contribution is 5.88. The molecule has 28 heavy (non-hydrogen) atoms. The van der Waals surface area contributed by atoms with Crippen molar-refractivity contribution in [2.75, 3.05) is 19.7 Å². The quantitative estimate of drug-likeness (QED) is 0.609. The van der Waals surface area contributed by atoms with Crippen LogP contribution in [0.15, 0.2) is 0 Å². The molecule has 0 spiro atoms. The smallest absolute Gasteiger partial charge is 0.310 e. The average Bonchev–Trinajstić information content (AvgIpc) is 3.23. The zero-order chi connectivity index (χ0) is 20.5. The molecule has 1 N–H and O–H groups in total. The Morgan fingerprint density at radius 1 is 1.11 bits per heavy atom. The van der Waals surface area contributed by atoms with Gasteiger partial charge in [-0.15, -0.1) is 0 Å². The van der Waals surface area contributed by atoms with Gasteiger partial charge >= 0.3 is 5.97 Å². The minimum Gasteiger partial charge on any atom is -0.466 e. The Morgan fingerprint density at radius 2 is 1.82 bits per heavy atom. The van der Waals surface area contributed by atoms with Gasteiger partial charge in [0, 0.05) is 19.5 Å². The Kier molecular flexibility index (Phi) is 9.26. The van der Waals surface area contributed by atoms with E-state index in [0.717, 1.165) is 25.7 Å². The highest BCUT2D eigenvalue weighted by Crippen LogP contribution is 2.28. The van der Waals surface area contributed by atoms with Crippen molar-refractivity contribution in [3.05, 3.63) is 0 Å². The Balaban J connectivity index is 1.93. The SMILES string of the molecule is CCOC(=O)C1CCCN(C(=O)C(NC(=O)CCC2CCCC2)C(C)CC)C1. The van der Waals surface area contributed by atoms with E-state index in [9.17, 15) is 14.4 Å². The topological polar surface area (TPSA) is 75.7 Å². The van der Waals surface area contributed by atoms with Crippen LogP contribution < -0.4 is 5.32 Å². The third-order valence-corrected chi connectivity index (χ3v) is 6.40. The molecule has 2 fully saturated rings. The number of hydrogen-bond acceptors (Lipinski definition) is 4. The third-order valence-electron chi connectivity index (χ3n) is 6.40. The second-order valence-electron chi connectivity index (χ2n) is 8.50. The molecule has 6 nitrogen and oxygen atoms in total. The van der Waals surface area contributed by atoms with E-state index < -0.39 is 6.04 Å². The summed E-state index contributed by atoms with van der Waals surface area (Å²) in [5.41, 5.74) is 0. The van der Waals surface area contributed by atoms with Gasteiger partial charge in [0.15, 0.2) is 0 Å². The summed E-state index contributed by atoms with van der Waals surface area (Å²) in [6.45, 7) is 7.22. The maximum absolute atomic E-state index is 13.2. The van der Waals surface area contributed by atoms with E-state index in [1.54, 1.807) is 11.8 Å². The molecule has 0 aromatic rings. The first-order valence-corrected chi connectivity index (χ1v) is 11.2. The average molecular weight is 395 g/mol. The standard InChI is InChI=1S/C22H38N2O4/c1-4-16(3)20(23-19(25)13-12-17-9-6-7-10-17)21(26)24-14-8-11-18(15-24)22(27)28-5-2/h16-18,20H,4-15H2,1-3H3,(H,23,25). The molecule has 2 amide bonds. The monoisotopic (exact) mass is 394 g/mol. The van der Waals surface area contributed by atoms with Crippen LogP contribution in [0.1, 0.15) is 78.6 Å². The number of likely N-dealkylation sites (tertiary alicyclic amines) is 1. The molecule has 0 radical (unpaired) electrons. The molecular weight excluding hydrogens is 356 g/mol. The van der Waals surface area contributed by atoms with Gasteiger partial charge < -0.3 is 15.0 Å². The fraction of sp³-hybridized carbons (Fsp3) is 0.864. The minimum atomic E-state index is -0.512. The Hall–Kier alpha value is -1.59. The number of carbonyl (C=O) groups is 3. The number of rotatable bonds is 9. The summed E-state index contributed by atoms with van der Waals surface area (Å²) in [6.07, 6.45) is 8.77. The van der Waals surface area contributed by atoms with E-state index >= 15 is 0 Å². The largest absolute Gasteiger partial charge is 0.466 e. The molecule has 3 unspecified atom stereocenters. The maximum Gasteiger partial charge on any atom is 0.310 e. The van der Waals surface area contributed by atoms with Crippen molar-refractivity contribution in [2.45, 2.75) is 84.6 Å². The number of nitrogens with zero attached hydrogens (tertiary/aromatic N) is 1. The summed E-state index contributed by atoms with van der Waals surface area (Å²) >= 11 is 0. The molecule has 0 aromatic carbocycles. The molecule has 2 rings (SSSR count). The second kappa shape index (κ2) is 11.4. The van der Waals surface area contributed by atoms with E-state index in [2.05, 4.69) is 5.32 Å². The number of amides is 2. The Bertz CT molecular complexity index is 531. The van der Waals surface area contributed by atoms with Crippen LogP contribution in [0.2, 0.25) is 0 Å². The number of esters is 1. The van der Waals surface area contributed by atoms with Crippen LogP contribution in [0.25, 0.3) is 0 Å². The van der Waals surface area contributed by atoms with E-state index in [4.69, 9.17) is 4.74 Å². The fourth-order valence-electron chi connectivity index (χ4n) is 4.39. The molecule has 1 heterocycles. The lowest BCUT2D eigenvalue weighted by molar-refractivity contribution is -0.152. The minimum absolute atomic E-state index is 0.0236. The highest BCUT2D eigenvalue weighted by Gasteiger charge is 2.35. The van der Waals surface area contributed by atoms with Crippen LogP contribution in [-0.4, -0.2) is 48.4 Å². The van der Waals surface area contributed by atoms with Crippen LogP contribution in [0, 0.1) is 17.8 Å². The number of piperidine rings is 1. The molecule has 1 saturated carbocycles. The first-order chi connectivity index (χ1) is 13.5. The summed E-state index contributed by atoms with van der Waals surface area (Å²) in [5.74, 6) is 0.165. The first kappa shape index (κ1) is 22.7. The maximum atomic E-state index is 13.2. The number of hydrogen-bond donors (Lipinski definition) is 1. The summed E-state index contributed by atoms with van der Waals surface area (Å²) in [5, 5.41) is 3.01. The van der Waals surface area contributed by atoms with Crippen LogP contribution in [0.4, 0.5) is 0 Å². The van der Waals surface area contributed by atoms with Crippen molar-refractivity contribution in [3.63, 3.8) is 0 Å². The van der Waals surface area contributed by atoms with Crippen LogP contribution in [-0.2, 0) is 19.1 Å². The molecule has 1 aliphatic carbocycles. The van der Waals surface area contributed by atoms with Crippen molar-refractivity contribution < 1.29 is 19.1 Å². The van der Waals surface area contributed by atoms with E-state index in [1.807, 2.05) is 13.8 Å². The zero-order valence-electron chi connectivity index (χ0n) is 17.9. The van der Waals surface area contributed by atoms with Gasteiger partial charge in [0.2, 0.25) is 11.8 Å². The van der Waals surface area contributed by atoms with Crippen molar-refractivity contribution in [1.82, 2.24) is 10.2 Å². The predicted octanol–water partition coefficient (Wildman–Crippen LogP) is 3.29. The molecular formula is C22H38N2O4. The summed E-state index contributed by atoms with van der Waals surface area (Å²) in [7, 11) is 0. The van der Waals surface area contributed by atoms with E-state index in [1.165, 1.54) is 25.7 Å². The van der Waals surface area contributed by atoms with Gasteiger partial charge in [-0.2, -0.15) is 0 Å². The fourth-order valence-corrected chi connectivity index (χ4v) is 4.39. The van der Waals surface area contributed by atoms with Gasteiger partial charge in [-0.25, -0.2) is 0 Å². The van der Waals surface area contributed by atoms with Gasteiger partial charge in [-0.3, -0.25) is 14.4 Å². The van der Waals surface area contributed by atoms with Crippen molar-refractivity contribution in [2.24, 2.45) is 17.8 Å². The molecule has 2 aliphatic rings. The van der Waals surface area contributed by atoms with Crippen LogP contribution >= 0.6 is 0 Å². The van der Waals surface area contributed by atoms with Gasteiger partial charge in [-0.05, 0) is 38.0 Å². The van der Waals surface area contributed by atoms with E-state index in [0.29, 0.717) is 32.0 Å². The zero-order valence-corrected chi connectivity index (χ0v) is 17.9. The third kappa shape index (κ3) is 6.49. The Morgan fingerprint density at radius 3 is 2.46 bits per heavy atom. The van der Waals surface area contributed by atoms with E-state index in [-0.39, 0.29) is 29.6 Å². The molecule has 0 aromatic heterocycles. The predicted molar refractivity (Wildman–Crippen MR) is 109 cm³/mol. The van der Waals surface area contributed by atoms with Crippen molar-refractivity contribution in [1.29, 1.82) is 0 Å². The second-order valence-corrected chi connectivity index (χ2v) is 8.50. The summed E-state index contributed by atoms with van der Waals surface area (Å²) < 4.78 is 5.14. The van der Waals surface area contributed by atoms with Crippen molar-refractivity contribution in [3.8, 4) is 0 Å². The number of carbonyl (C=O) groups excluding carboxylic acids is 3. The lowest BCUT2D eigenvalue weighted by atomic mass is 9.93. The van der Waals surface area contributed by atoms with Gasteiger partial charge in [-0.1, -0.05) is 46.0 Å². The molecule has 1 saturated heterocycles. The normalized spacial score (nSPS) is 22.5. The molecule has 3 atom stereocenters. The van der Waals surface area contributed by atoms with Crippen molar-refractivity contribution >= 4 is 17.8 Å². The molecule has 1 aliphatic heterocycles. The highest BCUT2D eigenvalue weighted by atomic mass is 16.5.